The zero-order valence-corrected chi connectivity index (χ0v) is 9.52. The van der Waals surface area contributed by atoms with E-state index < -0.39 is 0 Å². The van der Waals surface area contributed by atoms with Gasteiger partial charge in [0.2, 0.25) is 6.41 Å². The van der Waals surface area contributed by atoms with Crippen LogP contribution in [0.15, 0.2) is 18.3 Å². The standard InChI is InChI=1S/C12H17N3O/c1-13-12-6-5-10(8-14-12)11-4-2-3-7-15(11)9-16/h5-6,8-9,11H,2-4,7H2,1H3,(H,13,14). The summed E-state index contributed by atoms with van der Waals surface area (Å²) in [4.78, 5) is 17.1. The summed E-state index contributed by atoms with van der Waals surface area (Å²) in [5.41, 5.74) is 1.13. The Hall–Kier alpha value is -1.58. The molecule has 0 aromatic carbocycles. The highest BCUT2D eigenvalue weighted by molar-refractivity contribution is 5.49. The lowest BCUT2D eigenvalue weighted by Gasteiger charge is -2.32. The minimum atomic E-state index is 0.213. The van der Waals surface area contributed by atoms with Gasteiger partial charge in [-0.3, -0.25) is 4.79 Å². The summed E-state index contributed by atoms with van der Waals surface area (Å²) in [5, 5.41) is 2.99. The number of nitrogens with one attached hydrogen (secondary N) is 1. The molecule has 0 bridgehead atoms. The molecule has 16 heavy (non-hydrogen) atoms. The zero-order chi connectivity index (χ0) is 11.4. The number of hydrogen-bond acceptors (Lipinski definition) is 3. The summed E-state index contributed by atoms with van der Waals surface area (Å²) in [6.45, 7) is 0.863. The Morgan fingerprint density at radius 1 is 1.50 bits per heavy atom. The quantitative estimate of drug-likeness (QED) is 0.788. The van der Waals surface area contributed by atoms with Gasteiger partial charge in [0.25, 0.3) is 0 Å². The van der Waals surface area contributed by atoms with Crippen LogP contribution in [0.4, 0.5) is 5.82 Å². The fourth-order valence-electron chi connectivity index (χ4n) is 2.19. The lowest BCUT2D eigenvalue weighted by molar-refractivity contribution is -0.121. The van der Waals surface area contributed by atoms with Crippen molar-refractivity contribution in [1.82, 2.24) is 9.88 Å². The van der Waals surface area contributed by atoms with Crippen molar-refractivity contribution in [3.8, 4) is 0 Å². The number of pyridine rings is 1. The lowest BCUT2D eigenvalue weighted by atomic mass is 9.97. The van der Waals surface area contributed by atoms with Crippen LogP contribution in [0.5, 0.6) is 0 Å². The first kappa shape index (κ1) is 10.9. The van der Waals surface area contributed by atoms with Crippen LogP contribution in [0.1, 0.15) is 30.9 Å². The number of nitrogens with zero attached hydrogens (tertiary/aromatic N) is 2. The molecule has 4 nitrogen and oxygen atoms in total. The van der Waals surface area contributed by atoms with Gasteiger partial charge in [-0.25, -0.2) is 4.98 Å². The highest BCUT2D eigenvalue weighted by Gasteiger charge is 2.22. The molecule has 0 aliphatic carbocycles. The number of amides is 1. The molecule has 1 aromatic heterocycles. The van der Waals surface area contributed by atoms with Gasteiger partial charge < -0.3 is 10.2 Å². The first-order chi connectivity index (χ1) is 7.85. The van der Waals surface area contributed by atoms with Gasteiger partial charge in [-0.05, 0) is 30.9 Å². The Morgan fingerprint density at radius 2 is 2.38 bits per heavy atom. The number of rotatable bonds is 3. The summed E-state index contributed by atoms with van der Waals surface area (Å²) < 4.78 is 0. The highest BCUT2D eigenvalue weighted by atomic mass is 16.1. The van der Waals surface area contributed by atoms with Gasteiger partial charge in [-0.1, -0.05) is 6.07 Å². The first-order valence-corrected chi connectivity index (χ1v) is 5.70. The number of likely N-dealkylation sites (tertiary alicyclic amines) is 1. The number of hydrogen-bond donors (Lipinski definition) is 1. The molecule has 2 rings (SSSR count). The molecule has 86 valence electrons. The number of carbonyl (C=O) groups is 1. The third-order valence-corrected chi connectivity index (χ3v) is 3.11. The van der Waals surface area contributed by atoms with Crippen molar-refractivity contribution in [3.05, 3.63) is 23.9 Å². The van der Waals surface area contributed by atoms with E-state index in [0.717, 1.165) is 37.2 Å². The van der Waals surface area contributed by atoms with E-state index in [4.69, 9.17) is 0 Å². The second-order valence-electron chi connectivity index (χ2n) is 4.08. The predicted octanol–water partition coefficient (Wildman–Crippen LogP) is 1.81. The van der Waals surface area contributed by atoms with Crippen molar-refractivity contribution in [2.24, 2.45) is 0 Å². The first-order valence-electron chi connectivity index (χ1n) is 5.70. The third-order valence-electron chi connectivity index (χ3n) is 3.11. The third kappa shape index (κ3) is 2.15. The summed E-state index contributed by atoms with van der Waals surface area (Å²) >= 11 is 0. The molecule has 1 unspecified atom stereocenters. The minimum absolute atomic E-state index is 0.213. The molecule has 1 aliphatic heterocycles. The van der Waals surface area contributed by atoms with E-state index in [1.165, 1.54) is 6.42 Å². The summed E-state index contributed by atoms with van der Waals surface area (Å²) in [7, 11) is 1.85. The van der Waals surface area contributed by atoms with Crippen LogP contribution in [-0.4, -0.2) is 29.9 Å². The molecule has 0 spiro atoms. The number of aromatic nitrogens is 1. The number of anilines is 1. The maximum atomic E-state index is 11.0. The second kappa shape index (κ2) is 4.96. The van der Waals surface area contributed by atoms with E-state index in [9.17, 15) is 4.79 Å². The molecule has 1 aromatic rings. The van der Waals surface area contributed by atoms with Crippen LogP contribution in [0.3, 0.4) is 0 Å². The molecule has 1 N–H and O–H groups in total. The van der Waals surface area contributed by atoms with Crippen molar-refractivity contribution in [1.29, 1.82) is 0 Å². The van der Waals surface area contributed by atoms with E-state index >= 15 is 0 Å². The van der Waals surface area contributed by atoms with E-state index in [2.05, 4.69) is 10.3 Å². The Balaban J connectivity index is 2.17. The van der Waals surface area contributed by atoms with E-state index in [1.807, 2.05) is 30.3 Å². The van der Waals surface area contributed by atoms with Gasteiger partial charge in [-0.15, -0.1) is 0 Å². The molecule has 1 aliphatic rings. The smallest absolute Gasteiger partial charge is 0.210 e. The fraction of sp³-hybridized carbons (Fsp3) is 0.500. The normalized spacial score (nSPS) is 20.6. The lowest BCUT2D eigenvalue weighted by Crippen LogP contribution is -2.32. The molecule has 4 heteroatoms. The average Bonchev–Trinajstić information content (AvgIpc) is 2.39. The summed E-state index contributed by atoms with van der Waals surface area (Å²) in [6.07, 6.45) is 6.15. The van der Waals surface area contributed by atoms with Crippen LogP contribution < -0.4 is 5.32 Å². The van der Waals surface area contributed by atoms with Gasteiger partial charge >= 0.3 is 0 Å². The molecule has 0 radical (unpaired) electrons. The monoisotopic (exact) mass is 219 g/mol. The largest absolute Gasteiger partial charge is 0.373 e. The number of carbonyl (C=O) groups excluding carboxylic acids is 1. The molecule has 1 fully saturated rings. The van der Waals surface area contributed by atoms with E-state index in [0.29, 0.717) is 0 Å². The van der Waals surface area contributed by atoms with Crippen LogP contribution in [0.2, 0.25) is 0 Å². The Kier molecular flexibility index (Phi) is 3.39. The van der Waals surface area contributed by atoms with Crippen molar-refractivity contribution in [3.63, 3.8) is 0 Å². The summed E-state index contributed by atoms with van der Waals surface area (Å²) in [6, 6.07) is 4.21. The topological polar surface area (TPSA) is 45.2 Å². The Morgan fingerprint density at radius 3 is 3.00 bits per heavy atom. The summed E-state index contributed by atoms with van der Waals surface area (Å²) in [5.74, 6) is 0.859. The second-order valence-corrected chi connectivity index (χ2v) is 4.08. The van der Waals surface area contributed by atoms with Crippen molar-refractivity contribution in [2.75, 3.05) is 18.9 Å². The molecule has 1 amide bonds. The predicted molar refractivity (Wildman–Crippen MR) is 63.1 cm³/mol. The fourth-order valence-corrected chi connectivity index (χ4v) is 2.19. The SMILES string of the molecule is CNc1ccc(C2CCCCN2C=O)cn1. The van der Waals surface area contributed by atoms with Gasteiger partial charge in [0, 0.05) is 19.8 Å². The zero-order valence-electron chi connectivity index (χ0n) is 9.52. The van der Waals surface area contributed by atoms with Crippen LogP contribution in [0.25, 0.3) is 0 Å². The number of piperidine rings is 1. The van der Waals surface area contributed by atoms with Crippen LogP contribution in [0, 0.1) is 0 Å². The highest BCUT2D eigenvalue weighted by Crippen LogP contribution is 2.29. The van der Waals surface area contributed by atoms with Gasteiger partial charge in [0.15, 0.2) is 0 Å². The Labute approximate surface area is 95.7 Å². The van der Waals surface area contributed by atoms with Crippen LogP contribution >= 0.6 is 0 Å². The van der Waals surface area contributed by atoms with E-state index in [1.54, 1.807) is 0 Å². The molecule has 1 atom stereocenters. The molecule has 0 saturated carbocycles. The van der Waals surface area contributed by atoms with Crippen molar-refractivity contribution >= 4 is 12.2 Å². The van der Waals surface area contributed by atoms with Crippen LogP contribution in [-0.2, 0) is 4.79 Å². The molecular weight excluding hydrogens is 202 g/mol. The van der Waals surface area contributed by atoms with E-state index in [-0.39, 0.29) is 6.04 Å². The van der Waals surface area contributed by atoms with Gasteiger partial charge in [0.1, 0.15) is 5.82 Å². The van der Waals surface area contributed by atoms with Gasteiger partial charge in [0.05, 0.1) is 6.04 Å². The molecule has 2 heterocycles. The maximum absolute atomic E-state index is 11.0. The van der Waals surface area contributed by atoms with Gasteiger partial charge in [-0.2, -0.15) is 0 Å². The van der Waals surface area contributed by atoms with Crippen molar-refractivity contribution < 1.29 is 4.79 Å². The molecular formula is C12H17N3O. The molecule has 1 saturated heterocycles. The maximum Gasteiger partial charge on any atom is 0.210 e. The van der Waals surface area contributed by atoms with Crippen molar-refractivity contribution in [2.45, 2.75) is 25.3 Å². The average molecular weight is 219 g/mol. The minimum Gasteiger partial charge on any atom is -0.373 e. The Bertz CT molecular complexity index is 350.